The number of aryl methyl sites for hydroxylation is 1. The first-order chi connectivity index (χ1) is 8.93. The van der Waals surface area contributed by atoms with Crippen LogP contribution in [0.4, 0.5) is 5.69 Å². The Balaban J connectivity index is 2.69. The van der Waals surface area contributed by atoms with Crippen LogP contribution < -0.4 is 5.32 Å². The summed E-state index contributed by atoms with van der Waals surface area (Å²) in [6.45, 7) is 4.15. The number of nitro groups is 1. The number of carbonyl (C=O) groups excluding carboxylic acids is 1. The van der Waals surface area contributed by atoms with E-state index >= 15 is 0 Å². The molecule has 1 rings (SSSR count). The molecule has 0 aromatic heterocycles. The summed E-state index contributed by atoms with van der Waals surface area (Å²) >= 11 is 5.95. The third kappa shape index (κ3) is 4.87. The zero-order valence-electron chi connectivity index (χ0n) is 11.0. The maximum atomic E-state index is 11.9. The third-order valence-corrected chi connectivity index (χ3v) is 3.25. The van der Waals surface area contributed by atoms with Crippen LogP contribution in [0.1, 0.15) is 35.7 Å². The Morgan fingerprint density at radius 2 is 2.16 bits per heavy atom. The minimum atomic E-state index is -0.504. The number of non-ortho nitro benzene ring substituents is 1. The molecule has 1 N–H and O–H groups in total. The van der Waals surface area contributed by atoms with Gasteiger partial charge >= 0.3 is 0 Å². The molecule has 0 fully saturated rings. The molecule has 0 aliphatic heterocycles. The van der Waals surface area contributed by atoms with Crippen LogP contribution >= 0.6 is 11.6 Å². The van der Waals surface area contributed by atoms with Crippen LogP contribution in [0.25, 0.3) is 0 Å². The van der Waals surface area contributed by atoms with Crippen molar-refractivity contribution in [3.8, 4) is 0 Å². The first-order valence-electron chi connectivity index (χ1n) is 6.12. The minimum absolute atomic E-state index is 0.0344. The van der Waals surface area contributed by atoms with Gasteiger partial charge in [0.1, 0.15) is 0 Å². The minimum Gasteiger partial charge on any atom is -0.352 e. The Kier molecular flexibility index (Phi) is 5.76. The highest BCUT2D eigenvalue weighted by Crippen LogP contribution is 2.16. The van der Waals surface area contributed by atoms with E-state index in [4.69, 9.17) is 11.6 Å². The van der Waals surface area contributed by atoms with Crippen molar-refractivity contribution in [2.45, 2.75) is 32.1 Å². The Hall–Kier alpha value is -1.62. The fraction of sp³-hybridized carbons (Fsp3) is 0.462. The Bertz CT molecular complexity index is 477. The Morgan fingerprint density at radius 1 is 1.47 bits per heavy atom. The molecule has 104 valence electrons. The van der Waals surface area contributed by atoms with Crippen LogP contribution in [-0.2, 0) is 0 Å². The highest BCUT2D eigenvalue weighted by molar-refractivity contribution is 6.20. The smallest absolute Gasteiger partial charge is 0.270 e. The van der Waals surface area contributed by atoms with Crippen LogP contribution in [0.3, 0.4) is 0 Å². The van der Waals surface area contributed by atoms with Crippen molar-refractivity contribution in [1.29, 1.82) is 0 Å². The largest absolute Gasteiger partial charge is 0.352 e. The van der Waals surface area contributed by atoms with E-state index in [1.54, 1.807) is 13.0 Å². The fourth-order valence-electron chi connectivity index (χ4n) is 1.65. The summed E-state index contributed by atoms with van der Waals surface area (Å²) in [7, 11) is 0. The first-order valence-corrected chi connectivity index (χ1v) is 6.56. The quantitative estimate of drug-likeness (QED) is 0.496. The highest BCUT2D eigenvalue weighted by atomic mass is 35.5. The van der Waals surface area contributed by atoms with Gasteiger partial charge in [-0.25, -0.2) is 0 Å². The molecule has 1 amide bonds. The van der Waals surface area contributed by atoms with Crippen molar-refractivity contribution in [1.82, 2.24) is 5.32 Å². The van der Waals surface area contributed by atoms with E-state index in [0.29, 0.717) is 24.1 Å². The summed E-state index contributed by atoms with van der Waals surface area (Å²) < 4.78 is 0. The number of benzene rings is 1. The molecule has 0 bridgehead atoms. The van der Waals surface area contributed by atoms with E-state index < -0.39 is 4.92 Å². The molecule has 0 saturated heterocycles. The van der Waals surface area contributed by atoms with E-state index in [1.807, 2.05) is 6.92 Å². The predicted octanol–water partition coefficient (Wildman–Crippen LogP) is 3.04. The van der Waals surface area contributed by atoms with E-state index in [0.717, 1.165) is 6.42 Å². The van der Waals surface area contributed by atoms with Gasteiger partial charge in [0.25, 0.3) is 11.6 Å². The second kappa shape index (κ2) is 7.09. The van der Waals surface area contributed by atoms with Crippen LogP contribution in [-0.4, -0.2) is 22.8 Å². The number of hydrogen-bond acceptors (Lipinski definition) is 3. The maximum Gasteiger partial charge on any atom is 0.270 e. The zero-order chi connectivity index (χ0) is 14.4. The van der Waals surface area contributed by atoms with Crippen LogP contribution in [0.15, 0.2) is 18.2 Å². The Morgan fingerprint density at radius 3 is 2.74 bits per heavy atom. The van der Waals surface area contributed by atoms with Gasteiger partial charge in [0.2, 0.25) is 0 Å². The molecular weight excluding hydrogens is 268 g/mol. The topological polar surface area (TPSA) is 72.2 Å². The van der Waals surface area contributed by atoms with E-state index in [-0.39, 0.29) is 17.0 Å². The average molecular weight is 285 g/mol. The van der Waals surface area contributed by atoms with Gasteiger partial charge < -0.3 is 5.32 Å². The van der Waals surface area contributed by atoms with Crippen molar-refractivity contribution < 1.29 is 9.72 Å². The van der Waals surface area contributed by atoms with E-state index in [2.05, 4.69) is 5.32 Å². The normalized spacial score (nSPS) is 11.9. The third-order valence-electron chi connectivity index (χ3n) is 2.72. The number of alkyl halides is 1. The second-order valence-corrected chi connectivity index (χ2v) is 4.98. The summed E-state index contributed by atoms with van der Waals surface area (Å²) in [5, 5.41) is 13.5. The lowest BCUT2D eigenvalue weighted by atomic mass is 10.1. The lowest BCUT2D eigenvalue weighted by Crippen LogP contribution is -2.26. The van der Waals surface area contributed by atoms with Gasteiger partial charge in [0.05, 0.1) is 4.92 Å². The number of amides is 1. The monoisotopic (exact) mass is 284 g/mol. The number of nitro benzene ring substituents is 1. The van der Waals surface area contributed by atoms with Crippen molar-refractivity contribution in [3.05, 3.63) is 39.4 Å². The molecule has 1 aromatic rings. The molecule has 0 aliphatic rings. The van der Waals surface area contributed by atoms with Crippen molar-refractivity contribution >= 4 is 23.2 Å². The molecule has 1 aromatic carbocycles. The van der Waals surface area contributed by atoms with Crippen molar-refractivity contribution in [3.63, 3.8) is 0 Å². The molecular formula is C13H17ClN2O3. The summed E-state index contributed by atoms with van der Waals surface area (Å²) in [6, 6.07) is 4.34. The lowest BCUT2D eigenvalue weighted by Gasteiger charge is -2.08. The second-order valence-electron chi connectivity index (χ2n) is 4.36. The number of halogens is 1. The molecule has 19 heavy (non-hydrogen) atoms. The molecule has 6 heteroatoms. The number of hydrogen-bond donors (Lipinski definition) is 1. The van der Waals surface area contributed by atoms with Crippen LogP contribution in [0.2, 0.25) is 0 Å². The Labute approximate surface area is 117 Å². The average Bonchev–Trinajstić information content (AvgIpc) is 2.37. The number of nitrogens with zero attached hydrogens (tertiary/aromatic N) is 1. The molecule has 0 aliphatic carbocycles. The SMILES string of the molecule is CCC(Cl)CCNC(=O)c1cc(C)cc([N+](=O)[O-])c1. The maximum absolute atomic E-state index is 11.9. The van der Waals surface area contributed by atoms with Gasteiger partial charge in [0.15, 0.2) is 0 Å². The molecule has 1 atom stereocenters. The van der Waals surface area contributed by atoms with Gasteiger partial charge in [0, 0.05) is 29.6 Å². The molecule has 0 saturated carbocycles. The molecule has 0 heterocycles. The molecule has 1 unspecified atom stereocenters. The summed E-state index contributed by atoms with van der Waals surface area (Å²) in [4.78, 5) is 22.1. The van der Waals surface area contributed by atoms with Gasteiger partial charge in [-0.3, -0.25) is 14.9 Å². The zero-order valence-corrected chi connectivity index (χ0v) is 11.7. The van der Waals surface area contributed by atoms with Crippen molar-refractivity contribution in [2.24, 2.45) is 0 Å². The fourth-order valence-corrected chi connectivity index (χ4v) is 1.76. The van der Waals surface area contributed by atoms with Crippen molar-refractivity contribution in [2.75, 3.05) is 6.54 Å². The van der Waals surface area contributed by atoms with Crippen LogP contribution in [0.5, 0.6) is 0 Å². The lowest BCUT2D eigenvalue weighted by molar-refractivity contribution is -0.384. The number of nitrogens with one attached hydrogen (secondary N) is 1. The number of rotatable bonds is 6. The standard InChI is InChI=1S/C13H17ClN2O3/c1-3-11(14)4-5-15-13(17)10-6-9(2)7-12(8-10)16(18)19/h6-8,11H,3-5H2,1-2H3,(H,15,17). The van der Waals surface area contributed by atoms with Gasteiger partial charge in [-0.1, -0.05) is 6.92 Å². The van der Waals surface area contributed by atoms with E-state index in [9.17, 15) is 14.9 Å². The summed E-state index contributed by atoms with van der Waals surface area (Å²) in [5.41, 5.74) is 0.909. The van der Waals surface area contributed by atoms with Crippen LogP contribution in [0, 0.1) is 17.0 Å². The first kappa shape index (κ1) is 15.4. The van der Waals surface area contributed by atoms with Gasteiger partial charge in [-0.15, -0.1) is 11.6 Å². The molecule has 0 radical (unpaired) electrons. The van der Waals surface area contributed by atoms with E-state index in [1.165, 1.54) is 12.1 Å². The van der Waals surface area contributed by atoms with Gasteiger partial charge in [-0.2, -0.15) is 0 Å². The predicted molar refractivity (Wildman–Crippen MR) is 74.7 cm³/mol. The van der Waals surface area contributed by atoms with Gasteiger partial charge in [-0.05, 0) is 31.4 Å². The molecule has 0 spiro atoms. The molecule has 5 nitrogen and oxygen atoms in total. The highest BCUT2D eigenvalue weighted by Gasteiger charge is 2.13. The summed E-state index contributed by atoms with van der Waals surface area (Å²) in [6.07, 6.45) is 1.52. The summed E-state index contributed by atoms with van der Waals surface area (Å²) in [5.74, 6) is -0.313. The number of carbonyl (C=O) groups is 1.